The Bertz CT molecular complexity index is 2050. The van der Waals surface area contributed by atoms with Crippen molar-refractivity contribution in [2.24, 2.45) is 0 Å². The Kier molecular flexibility index (Phi) is 9.46. The standard InChI is InChI=1S/C34H42N10O5S/c1-34(2,3)29-19-31(44(40-29)23-20-35-42(21-23)17-18-48-50(46)47)37-32(45)36-27-12-13-28(26-10-6-5-9-25(26)27)49-24-11-14-30-38-39-33(43(30)22-24)41-15-7-4-8-16-41/h5-6,9-11,14,19-22,27-28,50H,4,7-8,12-13,15-18H2,1-3H3,(H2,36,37,45)/t27-,28+/m0/s1. The Morgan fingerprint density at radius 2 is 1.80 bits per heavy atom. The number of aromatic nitrogens is 7. The normalized spacial score (nSPS) is 18.0. The van der Waals surface area contributed by atoms with Crippen LogP contribution in [0.25, 0.3) is 11.3 Å². The van der Waals surface area contributed by atoms with E-state index in [1.165, 1.54) is 6.42 Å². The number of urea groups is 1. The van der Waals surface area contributed by atoms with Crippen molar-refractivity contribution in [1.82, 2.24) is 39.5 Å². The molecule has 15 nitrogen and oxygen atoms in total. The maximum Gasteiger partial charge on any atom is 0.320 e. The SMILES string of the molecule is CC(C)(C)c1cc(NC(=O)N[C@H]2CC[C@@H](Oc3ccc4nnc(N5CCCCC5)n4c3)c3ccccc32)n(-c2cnn(CCO[SH](=O)=O)c2)n1. The number of hydrogen-bond acceptors (Lipinski definition) is 10. The van der Waals surface area contributed by atoms with Crippen molar-refractivity contribution in [2.45, 2.75) is 77.0 Å². The predicted octanol–water partition coefficient (Wildman–Crippen LogP) is 4.72. The molecule has 2 atom stereocenters. The summed E-state index contributed by atoms with van der Waals surface area (Å²) in [5.41, 5.74) is 3.92. The maximum atomic E-state index is 13.6. The molecule has 0 bridgehead atoms. The van der Waals surface area contributed by atoms with Gasteiger partial charge in [0.05, 0.1) is 43.5 Å². The number of nitrogens with one attached hydrogen (secondary N) is 2. The molecule has 1 aromatic carbocycles. The van der Waals surface area contributed by atoms with E-state index in [-0.39, 0.29) is 36.7 Å². The molecule has 5 heterocycles. The molecule has 0 unspecified atom stereocenters. The summed E-state index contributed by atoms with van der Waals surface area (Å²) >= 11 is 0. The molecule has 7 rings (SSSR count). The van der Waals surface area contributed by atoms with Crippen molar-refractivity contribution in [3.8, 4) is 11.4 Å². The van der Waals surface area contributed by atoms with Crippen LogP contribution in [0.3, 0.4) is 0 Å². The third-order valence-electron chi connectivity index (χ3n) is 9.12. The van der Waals surface area contributed by atoms with E-state index < -0.39 is 11.0 Å². The van der Waals surface area contributed by atoms with Crippen molar-refractivity contribution in [3.05, 3.63) is 77.9 Å². The number of ether oxygens (including phenoxy) is 1. The van der Waals surface area contributed by atoms with Crippen LogP contribution in [0, 0.1) is 0 Å². The number of nitrogens with zero attached hydrogens (tertiary/aromatic N) is 8. The molecule has 1 aliphatic carbocycles. The zero-order valence-electron chi connectivity index (χ0n) is 28.4. The predicted molar refractivity (Wildman–Crippen MR) is 187 cm³/mol. The summed E-state index contributed by atoms with van der Waals surface area (Å²) in [4.78, 5) is 15.9. The third-order valence-corrected chi connectivity index (χ3v) is 9.51. The summed E-state index contributed by atoms with van der Waals surface area (Å²) in [6.07, 6.45) is 10.0. The van der Waals surface area contributed by atoms with Crippen LogP contribution in [0.2, 0.25) is 0 Å². The second-order valence-electron chi connectivity index (χ2n) is 13.7. The van der Waals surface area contributed by atoms with Gasteiger partial charge in [0.15, 0.2) is 5.65 Å². The summed E-state index contributed by atoms with van der Waals surface area (Å²) in [5, 5.41) is 24.1. The summed E-state index contributed by atoms with van der Waals surface area (Å²) < 4.78 is 38.0. The van der Waals surface area contributed by atoms with Crippen LogP contribution in [0.4, 0.5) is 16.6 Å². The van der Waals surface area contributed by atoms with Crippen molar-refractivity contribution in [3.63, 3.8) is 0 Å². The third kappa shape index (κ3) is 7.31. The molecule has 0 radical (unpaired) electrons. The number of hydrogen-bond donors (Lipinski definition) is 3. The number of thiol groups is 1. The lowest BCUT2D eigenvalue weighted by molar-refractivity contribution is 0.171. The molecule has 16 heteroatoms. The highest BCUT2D eigenvalue weighted by atomic mass is 32.2. The molecule has 2 amide bonds. The molecule has 1 aliphatic heterocycles. The van der Waals surface area contributed by atoms with Crippen LogP contribution in [-0.4, -0.2) is 68.3 Å². The highest BCUT2D eigenvalue weighted by molar-refractivity contribution is 7.67. The molecule has 1 fully saturated rings. The Labute approximate surface area is 291 Å². The minimum atomic E-state index is -2.93. The number of rotatable bonds is 10. The van der Waals surface area contributed by atoms with Gasteiger partial charge in [0.2, 0.25) is 5.95 Å². The quantitative estimate of drug-likeness (QED) is 0.174. The number of carbonyl (C=O) groups excluding carboxylic acids is 1. The second kappa shape index (κ2) is 14.1. The lowest BCUT2D eigenvalue weighted by Crippen LogP contribution is -2.36. The number of benzene rings is 1. The topological polar surface area (TPSA) is 163 Å². The zero-order valence-corrected chi connectivity index (χ0v) is 29.3. The van der Waals surface area contributed by atoms with Crippen molar-refractivity contribution < 1.29 is 22.1 Å². The molecule has 0 spiro atoms. The number of carbonyl (C=O) groups is 1. The van der Waals surface area contributed by atoms with Crippen molar-refractivity contribution in [2.75, 3.05) is 29.9 Å². The van der Waals surface area contributed by atoms with E-state index in [2.05, 4.69) is 41.1 Å². The van der Waals surface area contributed by atoms with E-state index in [1.54, 1.807) is 21.8 Å². The number of anilines is 2. The first-order chi connectivity index (χ1) is 24.1. The molecule has 1 saturated heterocycles. The first-order valence-electron chi connectivity index (χ1n) is 17.0. The number of amides is 2. The fourth-order valence-corrected chi connectivity index (χ4v) is 6.79. The fraction of sp³-hybridized carbons (Fsp3) is 0.441. The smallest absolute Gasteiger partial charge is 0.320 e. The molecular weight excluding hydrogens is 661 g/mol. The summed E-state index contributed by atoms with van der Waals surface area (Å²) in [5.74, 6) is 2.06. The summed E-state index contributed by atoms with van der Waals surface area (Å²) in [7, 11) is -2.93. The van der Waals surface area contributed by atoms with Gasteiger partial charge in [-0.2, -0.15) is 10.2 Å². The van der Waals surface area contributed by atoms with Gasteiger partial charge in [0, 0.05) is 24.6 Å². The van der Waals surface area contributed by atoms with Crippen molar-refractivity contribution in [1.29, 1.82) is 0 Å². The van der Waals surface area contributed by atoms with Crippen LogP contribution in [0.5, 0.6) is 5.75 Å². The first-order valence-corrected chi connectivity index (χ1v) is 18.1. The van der Waals surface area contributed by atoms with Gasteiger partial charge in [-0.1, -0.05) is 45.0 Å². The van der Waals surface area contributed by atoms with E-state index in [0.29, 0.717) is 24.3 Å². The van der Waals surface area contributed by atoms with Crippen LogP contribution in [0.1, 0.15) is 81.8 Å². The minimum absolute atomic E-state index is 0.0363. The zero-order chi connectivity index (χ0) is 34.8. The van der Waals surface area contributed by atoms with Gasteiger partial charge in [-0.15, -0.1) is 10.2 Å². The number of pyridine rings is 1. The Morgan fingerprint density at radius 1 is 1.00 bits per heavy atom. The average molecular weight is 703 g/mol. The monoisotopic (exact) mass is 702 g/mol. The van der Waals surface area contributed by atoms with Crippen molar-refractivity contribution >= 4 is 34.4 Å². The second-order valence-corrected chi connectivity index (χ2v) is 14.4. The molecule has 0 saturated carbocycles. The molecule has 4 aromatic heterocycles. The van der Waals surface area contributed by atoms with E-state index in [9.17, 15) is 13.2 Å². The minimum Gasteiger partial charge on any atom is -0.484 e. The van der Waals surface area contributed by atoms with Gasteiger partial charge in [-0.3, -0.25) is 18.6 Å². The van der Waals surface area contributed by atoms with E-state index in [0.717, 1.165) is 60.1 Å². The molecule has 2 aliphatic rings. The Morgan fingerprint density at radius 3 is 2.58 bits per heavy atom. The highest BCUT2D eigenvalue weighted by Gasteiger charge is 2.30. The summed E-state index contributed by atoms with van der Waals surface area (Å²) in [6, 6.07) is 13.2. The highest BCUT2D eigenvalue weighted by Crippen LogP contribution is 2.39. The average Bonchev–Trinajstić information content (AvgIpc) is 3.85. The lowest BCUT2D eigenvalue weighted by Gasteiger charge is -2.32. The Balaban J connectivity index is 1.06. The molecule has 264 valence electrons. The largest absolute Gasteiger partial charge is 0.484 e. The van der Waals surface area contributed by atoms with E-state index >= 15 is 0 Å². The summed E-state index contributed by atoms with van der Waals surface area (Å²) in [6.45, 7) is 8.28. The van der Waals surface area contributed by atoms with Gasteiger partial charge < -0.3 is 15.0 Å². The van der Waals surface area contributed by atoms with Gasteiger partial charge in [-0.05, 0) is 55.4 Å². The maximum absolute atomic E-state index is 13.6. The molecular formula is C34H42N10O5S. The van der Waals surface area contributed by atoms with E-state index in [4.69, 9.17) is 9.84 Å². The first kappa shape index (κ1) is 33.5. The number of piperidine rings is 1. The molecule has 5 aromatic rings. The van der Waals surface area contributed by atoms with Gasteiger partial charge in [0.1, 0.15) is 23.4 Å². The molecule has 50 heavy (non-hydrogen) atoms. The molecule has 2 N–H and O–H groups in total. The number of fused-ring (bicyclic) bond motifs is 2. The van der Waals surface area contributed by atoms with Gasteiger partial charge >= 0.3 is 6.03 Å². The van der Waals surface area contributed by atoms with Crippen LogP contribution in [0.15, 0.2) is 61.1 Å². The fourth-order valence-electron chi connectivity index (χ4n) is 6.56. The van der Waals surface area contributed by atoms with Crippen LogP contribution >= 0.6 is 0 Å². The van der Waals surface area contributed by atoms with Crippen LogP contribution in [-0.2, 0) is 27.1 Å². The van der Waals surface area contributed by atoms with Gasteiger partial charge in [-0.25, -0.2) is 17.9 Å². The van der Waals surface area contributed by atoms with E-state index in [1.807, 2.05) is 67.8 Å². The van der Waals surface area contributed by atoms with Crippen LogP contribution < -0.4 is 20.3 Å². The van der Waals surface area contributed by atoms with Gasteiger partial charge in [0.25, 0.3) is 11.0 Å². The lowest BCUT2D eigenvalue weighted by atomic mass is 9.85. The Hall–Kier alpha value is -4.96.